The molecule has 3 aromatic rings. The van der Waals surface area contributed by atoms with Gasteiger partial charge >= 0.3 is 0 Å². The largest absolute Gasteiger partial charge is 0.329 e. The van der Waals surface area contributed by atoms with Gasteiger partial charge in [0.2, 0.25) is 5.95 Å². The summed E-state index contributed by atoms with van der Waals surface area (Å²) in [6, 6.07) is 10.1. The number of hydrogen-bond acceptors (Lipinski definition) is 4. The maximum atomic E-state index is 5.71. The molecule has 0 aliphatic rings. The zero-order chi connectivity index (χ0) is 13.9. The molecule has 3 N–H and O–H groups in total. The van der Waals surface area contributed by atoms with Crippen molar-refractivity contribution in [3.05, 3.63) is 48.3 Å². The Kier molecular flexibility index (Phi) is 3.35. The van der Waals surface area contributed by atoms with E-state index in [2.05, 4.69) is 45.0 Å². The van der Waals surface area contributed by atoms with Crippen molar-refractivity contribution in [1.29, 1.82) is 0 Å². The second-order valence-corrected chi connectivity index (χ2v) is 4.73. The summed E-state index contributed by atoms with van der Waals surface area (Å²) in [5.41, 5.74) is 9.89. The average molecular weight is 267 g/mol. The summed E-state index contributed by atoms with van der Waals surface area (Å²) in [4.78, 5) is 8.76. The van der Waals surface area contributed by atoms with Crippen LogP contribution in [0, 0.1) is 6.92 Å². The van der Waals surface area contributed by atoms with Crippen LogP contribution in [0.25, 0.3) is 11.0 Å². The molecule has 5 heteroatoms. The first-order valence-corrected chi connectivity index (χ1v) is 6.62. The third kappa shape index (κ3) is 2.35. The van der Waals surface area contributed by atoms with Crippen LogP contribution >= 0.6 is 0 Å². The van der Waals surface area contributed by atoms with E-state index < -0.39 is 0 Å². The van der Waals surface area contributed by atoms with Crippen molar-refractivity contribution < 1.29 is 0 Å². The van der Waals surface area contributed by atoms with Gasteiger partial charge in [0.15, 0.2) is 0 Å². The Balaban J connectivity index is 2.06. The van der Waals surface area contributed by atoms with Crippen molar-refractivity contribution in [2.75, 3.05) is 11.9 Å². The first kappa shape index (κ1) is 12.6. The number of hydrogen-bond donors (Lipinski definition) is 2. The second kappa shape index (κ2) is 5.30. The molecule has 0 saturated heterocycles. The van der Waals surface area contributed by atoms with Gasteiger partial charge in [0.25, 0.3) is 0 Å². The zero-order valence-electron chi connectivity index (χ0n) is 11.4. The van der Waals surface area contributed by atoms with Gasteiger partial charge in [-0.05, 0) is 36.8 Å². The summed E-state index contributed by atoms with van der Waals surface area (Å²) in [6.07, 6.45) is 3.52. The Morgan fingerprint density at radius 1 is 1.30 bits per heavy atom. The number of nitrogens with zero attached hydrogens (tertiary/aromatic N) is 3. The zero-order valence-corrected chi connectivity index (χ0v) is 11.4. The van der Waals surface area contributed by atoms with Crippen LogP contribution in [0.5, 0.6) is 0 Å². The smallest absolute Gasteiger partial charge is 0.208 e. The van der Waals surface area contributed by atoms with Crippen molar-refractivity contribution in [3.63, 3.8) is 0 Å². The Bertz CT molecular complexity index is 718. The second-order valence-electron chi connectivity index (χ2n) is 4.73. The highest BCUT2D eigenvalue weighted by molar-refractivity contribution is 5.80. The highest BCUT2D eigenvalue weighted by Gasteiger charge is 2.10. The molecule has 0 unspecified atom stereocenters. The van der Waals surface area contributed by atoms with Gasteiger partial charge in [-0.25, -0.2) is 4.98 Å². The summed E-state index contributed by atoms with van der Waals surface area (Å²) in [5, 5.41) is 3.30. The lowest BCUT2D eigenvalue weighted by Gasteiger charge is -2.09. The molecule has 0 radical (unpaired) electrons. The fraction of sp³-hybridized carbons (Fsp3) is 0.200. The first-order valence-electron chi connectivity index (χ1n) is 6.62. The van der Waals surface area contributed by atoms with Gasteiger partial charge in [0.05, 0.1) is 22.9 Å². The lowest BCUT2D eigenvalue weighted by molar-refractivity contribution is 0.736. The molecule has 20 heavy (non-hydrogen) atoms. The molecular weight excluding hydrogens is 250 g/mol. The average Bonchev–Trinajstić information content (AvgIpc) is 2.77. The Labute approximate surface area is 117 Å². The molecule has 0 fully saturated rings. The van der Waals surface area contributed by atoms with Crippen LogP contribution in [0.1, 0.15) is 5.56 Å². The molecule has 0 spiro atoms. The SMILES string of the molecule is Cc1ccc2c(c1)nc(Nc1cccnc1)n2CCN. The summed E-state index contributed by atoms with van der Waals surface area (Å²) in [7, 11) is 0. The summed E-state index contributed by atoms with van der Waals surface area (Å²) < 4.78 is 2.10. The molecule has 0 aliphatic heterocycles. The highest BCUT2D eigenvalue weighted by Crippen LogP contribution is 2.23. The molecule has 0 bridgehead atoms. The number of anilines is 2. The Morgan fingerprint density at radius 2 is 2.20 bits per heavy atom. The van der Waals surface area contributed by atoms with E-state index in [1.54, 1.807) is 12.4 Å². The number of aromatic nitrogens is 3. The van der Waals surface area contributed by atoms with Crippen molar-refractivity contribution >= 4 is 22.7 Å². The normalized spacial score (nSPS) is 10.9. The van der Waals surface area contributed by atoms with Crippen molar-refractivity contribution in [2.24, 2.45) is 5.73 Å². The number of benzene rings is 1. The van der Waals surface area contributed by atoms with Crippen molar-refractivity contribution in [2.45, 2.75) is 13.5 Å². The third-order valence-electron chi connectivity index (χ3n) is 3.17. The third-order valence-corrected chi connectivity index (χ3v) is 3.17. The molecule has 2 heterocycles. The van der Waals surface area contributed by atoms with Crippen LogP contribution in [0.3, 0.4) is 0 Å². The van der Waals surface area contributed by atoms with E-state index in [0.29, 0.717) is 6.54 Å². The number of rotatable bonds is 4. The van der Waals surface area contributed by atoms with Gasteiger partial charge in [-0.1, -0.05) is 6.07 Å². The molecule has 3 rings (SSSR count). The molecule has 5 nitrogen and oxygen atoms in total. The molecule has 0 atom stereocenters. The van der Waals surface area contributed by atoms with Crippen LogP contribution in [-0.2, 0) is 6.54 Å². The molecule has 1 aromatic carbocycles. The minimum absolute atomic E-state index is 0.570. The van der Waals surface area contributed by atoms with E-state index in [1.165, 1.54) is 5.56 Å². The molecular formula is C15H17N5. The van der Waals surface area contributed by atoms with Gasteiger partial charge in [-0.15, -0.1) is 0 Å². The summed E-state index contributed by atoms with van der Waals surface area (Å²) in [6.45, 7) is 3.36. The summed E-state index contributed by atoms with van der Waals surface area (Å²) >= 11 is 0. The molecule has 0 saturated carbocycles. The van der Waals surface area contributed by atoms with E-state index in [4.69, 9.17) is 5.73 Å². The van der Waals surface area contributed by atoms with Crippen LogP contribution in [0.4, 0.5) is 11.6 Å². The van der Waals surface area contributed by atoms with Crippen molar-refractivity contribution in [1.82, 2.24) is 14.5 Å². The van der Waals surface area contributed by atoms with Gasteiger partial charge in [-0.2, -0.15) is 0 Å². The summed E-state index contributed by atoms with van der Waals surface area (Å²) in [5.74, 6) is 0.795. The minimum atomic E-state index is 0.570. The van der Waals surface area contributed by atoms with Gasteiger partial charge < -0.3 is 15.6 Å². The van der Waals surface area contributed by atoms with E-state index in [1.807, 2.05) is 12.1 Å². The van der Waals surface area contributed by atoms with E-state index in [-0.39, 0.29) is 0 Å². The number of fused-ring (bicyclic) bond motifs is 1. The fourth-order valence-electron chi connectivity index (χ4n) is 2.26. The van der Waals surface area contributed by atoms with Gasteiger partial charge in [-0.3, -0.25) is 4.98 Å². The highest BCUT2D eigenvalue weighted by atomic mass is 15.2. The van der Waals surface area contributed by atoms with Crippen LogP contribution in [-0.4, -0.2) is 21.1 Å². The maximum absolute atomic E-state index is 5.71. The number of imidazole rings is 1. The first-order chi connectivity index (χ1) is 9.78. The molecule has 102 valence electrons. The fourth-order valence-corrected chi connectivity index (χ4v) is 2.26. The van der Waals surface area contributed by atoms with E-state index in [9.17, 15) is 0 Å². The predicted octanol–water partition coefficient (Wildman–Crippen LogP) is 2.44. The number of pyridine rings is 1. The molecule has 0 amide bonds. The quantitative estimate of drug-likeness (QED) is 0.762. The van der Waals surface area contributed by atoms with Gasteiger partial charge in [0.1, 0.15) is 0 Å². The van der Waals surface area contributed by atoms with Crippen molar-refractivity contribution in [3.8, 4) is 0 Å². The number of nitrogens with one attached hydrogen (secondary N) is 1. The Morgan fingerprint density at radius 3 is 2.95 bits per heavy atom. The van der Waals surface area contributed by atoms with Gasteiger partial charge in [0, 0.05) is 19.3 Å². The predicted molar refractivity (Wildman–Crippen MR) is 81.0 cm³/mol. The monoisotopic (exact) mass is 267 g/mol. The minimum Gasteiger partial charge on any atom is -0.329 e. The van der Waals surface area contributed by atoms with Crippen LogP contribution in [0.2, 0.25) is 0 Å². The lowest BCUT2D eigenvalue weighted by atomic mass is 10.2. The van der Waals surface area contributed by atoms with E-state index >= 15 is 0 Å². The topological polar surface area (TPSA) is 68.8 Å². The lowest BCUT2D eigenvalue weighted by Crippen LogP contribution is -2.12. The van der Waals surface area contributed by atoms with Crippen LogP contribution < -0.4 is 11.1 Å². The molecule has 2 aromatic heterocycles. The standard InChI is InChI=1S/C15H17N5/c1-11-4-5-14-13(9-11)19-15(20(14)8-6-16)18-12-3-2-7-17-10-12/h2-5,7,9-10H,6,8,16H2,1H3,(H,18,19). The molecule has 0 aliphatic carbocycles. The maximum Gasteiger partial charge on any atom is 0.208 e. The number of aryl methyl sites for hydroxylation is 1. The Hall–Kier alpha value is -2.40. The number of nitrogens with two attached hydrogens (primary N) is 1. The van der Waals surface area contributed by atoms with Crippen LogP contribution in [0.15, 0.2) is 42.7 Å². The van der Waals surface area contributed by atoms with E-state index in [0.717, 1.165) is 29.2 Å².